The fourth-order valence-electron chi connectivity index (χ4n) is 1.62. The zero-order valence-electron chi connectivity index (χ0n) is 11.2. The number of hydrogen-bond donors (Lipinski definition) is 2. The van der Waals surface area contributed by atoms with Gasteiger partial charge in [0, 0.05) is 22.9 Å². The molecule has 8 heteroatoms. The predicted octanol–water partition coefficient (Wildman–Crippen LogP) is 2.94. The summed E-state index contributed by atoms with van der Waals surface area (Å²) in [5, 5.41) is 4.57. The molecule has 2 N–H and O–H groups in total. The van der Waals surface area contributed by atoms with E-state index in [1.54, 1.807) is 0 Å². The molecule has 0 aliphatic heterocycles. The molecule has 0 fully saturated rings. The number of anilines is 1. The first-order valence-corrected chi connectivity index (χ1v) is 8.54. The smallest absolute Gasteiger partial charge is 0.262 e. The molecule has 2 aromatic rings. The van der Waals surface area contributed by atoms with Crippen molar-refractivity contribution in [2.75, 3.05) is 11.3 Å². The maximum Gasteiger partial charge on any atom is 0.262 e. The van der Waals surface area contributed by atoms with Crippen LogP contribution in [0.5, 0.6) is 0 Å². The molecule has 4 nitrogen and oxygen atoms in total. The van der Waals surface area contributed by atoms with E-state index in [-0.39, 0.29) is 10.6 Å². The standard InChI is InChI=1S/C13H14F2N2O2S2/c1-2-16-7-10-6-11(8-20-10)21(18,19)17-13-4-3-9(14)5-12(13)15/h3-6,8,16-17H,2,7H2,1H3. The molecule has 1 aromatic carbocycles. The first kappa shape index (κ1) is 15.9. The molecule has 0 saturated carbocycles. The molecule has 21 heavy (non-hydrogen) atoms. The molecule has 0 bridgehead atoms. The maximum atomic E-state index is 13.5. The summed E-state index contributed by atoms with van der Waals surface area (Å²) < 4.78 is 52.7. The van der Waals surface area contributed by atoms with E-state index in [0.717, 1.165) is 23.6 Å². The fourth-order valence-corrected chi connectivity index (χ4v) is 3.93. The van der Waals surface area contributed by atoms with Gasteiger partial charge in [-0.3, -0.25) is 4.72 Å². The van der Waals surface area contributed by atoms with Crippen molar-refractivity contribution in [2.24, 2.45) is 0 Å². The number of halogens is 2. The normalized spacial score (nSPS) is 11.6. The largest absolute Gasteiger partial charge is 0.312 e. The van der Waals surface area contributed by atoms with E-state index in [1.807, 2.05) is 6.92 Å². The first-order valence-electron chi connectivity index (χ1n) is 6.18. The predicted molar refractivity (Wildman–Crippen MR) is 78.9 cm³/mol. The van der Waals surface area contributed by atoms with Crippen LogP contribution in [0.1, 0.15) is 11.8 Å². The number of nitrogens with one attached hydrogen (secondary N) is 2. The quantitative estimate of drug-likeness (QED) is 0.855. The zero-order chi connectivity index (χ0) is 15.5. The van der Waals surface area contributed by atoms with E-state index in [2.05, 4.69) is 10.0 Å². The van der Waals surface area contributed by atoms with Crippen LogP contribution in [-0.2, 0) is 16.6 Å². The SMILES string of the molecule is CCNCc1cc(S(=O)(=O)Nc2ccc(F)cc2F)cs1. The van der Waals surface area contributed by atoms with Gasteiger partial charge in [0.2, 0.25) is 0 Å². The van der Waals surface area contributed by atoms with Crippen molar-refractivity contribution in [3.8, 4) is 0 Å². The van der Waals surface area contributed by atoms with Crippen LogP contribution in [0.2, 0.25) is 0 Å². The van der Waals surface area contributed by atoms with Crippen molar-refractivity contribution in [2.45, 2.75) is 18.4 Å². The minimum absolute atomic E-state index is 0.0594. The summed E-state index contributed by atoms with van der Waals surface area (Å²) in [6.07, 6.45) is 0. The van der Waals surface area contributed by atoms with Crippen LogP contribution in [0.4, 0.5) is 14.5 Å². The second-order valence-corrected chi connectivity index (χ2v) is 6.94. The first-order chi connectivity index (χ1) is 9.92. The summed E-state index contributed by atoms with van der Waals surface area (Å²) in [4.78, 5) is 0.918. The second kappa shape index (κ2) is 6.50. The van der Waals surface area contributed by atoms with Crippen LogP contribution in [0.3, 0.4) is 0 Å². The Kier molecular flexibility index (Phi) is 4.92. The highest BCUT2D eigenvalue weighted by molar-refractivity contribution is 7.92. The lowest BCUT2D eigenvalue weighted by molar-refractivity contribution is 0.583. The van der Waals surface area contributed by atoms with Gasteiger partial charge >= 0.3 is 0 Å². The van der Waals surface area contributed by atoms with E-state index in [0.29, 0.717) is 12.6 Å². The molecule has 2 rings (SSSR count). The van der Waals surface area contributed by atoms with Gasteiger partial charge in [0.05, 0.1) is 10.6 Å². The van der Waals surface area contributed by atoms with Crippen molar-refractivity contribution in [1.82, 2.24) is 5.32 Å². The van der Waals surface area contributed by atoms with Crippen molar-refractivity contribution < 1.29 is 17.2 Å². The number of thiophene rings is 1. The molecule has 0 aliphatic rings. The molecular weight excluding hydrogens is 318 g/mol. The van der Waals surface area contributed by atoms with Crippen molar-refractivity contribution in [3.63, 3.8) is 0 Å². The number of benzene rings is 1. The second-order valence-electron chi connectivity index (χ2n) is 4.26. The zero-order valence-corrected chi connectivity index (χ0v) is 12.8. The molecule has 114 valence electrons. The third kappa shape index (κ3) is 3.99. The third-order valence-corrected chi connectivity index (χ3v) is 5.10. The lowest BCUT2D eigenvalue weighted by Gasteiger charge is -2.07. The topological polar surface area (TPSA) is 58.2 Å². The van der Waals surface area contributed by atoms with Crippen molar-refractivity contribution >= 4 is 27.0 Å². The molecule has 0 saturated heterocycles. The Labute approximate surface area is 125 Å². The molecular formula is C13H14F2N2O2S2. The Bertz CT molecular complexity index is 730. The van der Waals surface area contributed by atoms with Crippen LogP contribution >= 0.6 is 11.3 Å². The summed E-state index contributed by atoms with van der Waals surface area (Å²) in [6.45, 7) is 3.30. The van der Waals surface area contributed by atoms with Gasteiger partial charge in [-0.25, -0.2) is 17.2 Å². The summed E-state index contributed by atoms with van der Waals surface area (Å²) >= 11 is 1.30. The van der Waals surface area contributed by atoms with E-state index in [4.69, 9.17) is 0 Å². The molecule has 1 aromatic heterocycles. The van der Waals surface area contributed by atoms with E-state index in [1.165, 1.54) is 22.8 Å². The monoisotopic (exact) mass is 332 g/mol. The van der Waals surface area contributed by atoms with Gasteiger partial charge in [-0.05, 0) is 24.7 Å². The van der Waals surface area contributed by atoms with Gasteiger partial charge in [-0.1, -0.05) is 6.92 Å². The number of hydrogen-bond acceptors (Lipinski definition) is 4. The third-order valence-electron chi connectivity index (χ3n) is 2.66. The van der Waals surface area contributed by atoms with Crippen LogP contribution < -0.4 is 10.0 Å². The highest BCUT2D eigenvalue weighted by atomic mass is 32.2. The Balaban J connectivity index is 2.19. The minimum atomic E-state index is -3.88. The molecule has 0 spiro atoms. The summed E-state index contributed by atoms with van der Waals surface area (Å²) in [7, 11) is -3.88. The summed E-state index contributed by atoms with van der Waals surface area (Å²) in [5.41, 5.74) is -0.282. The average Bonchev–Trinajstić information content (AvgIpc) is 2.89. The van der Waals surface area contributed by atoms with Gasteiger partial charge in [-0.2, -0.15) is 0 Å². The molecule has 0 radical (unpaired) electrons. The summed E-state index contributed by atoms with van der Waals surface area (Å²) in [5.74, 6) is -1.72. The highest BCUT2D eigenvalue weighted by Gasteiger charge is 2.18. The van der Waals surface area contributed by atoms with Crippen LogP contribution in [0.15, 0.2) is 34.5 Å². The van der Waals surface area contributed by atoms with Crippen LogP contribution in [0.25, 0.3) is 0 Å². The number of sulfonamides is 1. The van der Waals surface area contributed by atoms with Crippen LogP contribution in [-0.4, -0.2) is 15.0 Å². The van der Waals surface area contributed by atoms with Gasteiger partial charge in [-0.15, -0.1) is 11.3 Å². The Morgan fingerprint density at radius 2 is 2.00 bits per heavy atom. The molecule has 0 atom stereocenters. The average molecular weight is 332 g/mol. The summed E-state index contributed by atoms with van der Waals surface area (Å²) in [6, 6.07) is 4.19. The van der Waals surface area contributed by atoms with Gasteiger partial charge < -0.3 is 5.32 Å². The lowest BCUT2D eigenvalue weighted by atomic mass is 10.3. The lowest BCUT2D eigenvalue weighted by Crippen LogP contribution is -2.14. The van der Waals surface area contributed by atoms with Crippen molar-refractivity contribution in [3.05, 3.63) is 46.2 Å². The minimum Gasteiger partial charge on any atom is -0.312 e. The highest BCUT2D eigenvalue weighted by Crippen LogP contribution is 2.23. The van der Waals surface area contributed by atoms with E-state index < -0.39 is 21.7 Å². The molecule has 1 heterocycles. The van der Waals surface area contributed by atoms with Crippen molar-refractivity contribution in [1.29, 1.82) is 0 Å². The molecule has 0 unspecified atom stereocenters. The Morgan fingerprint density at radius 3 is 2.67 bits per heavy atom. The maximum absolute atomic E-state index is 13.5. The van der Waals surface area contributed by atoms with Crippen LogP contribution in [0, 0.1) is 11.6 Å². The Morgan fingerprint density at radius 1 is 1.24 bits per heavy atom. The number of rotatable bonds is 6. The van der Waals surface area contributed by atoms with Gasteiger partial charge in [0.1, 0.15) is 11.6 Å². The fraction of sp³-hybridized carbons (Fsp3) is 0.231. The van der Waals surface area contributed by atoms with Gasteiger partial charge in [0.25, 0.3) is 10.0 Å². The Hall–Kier alpha value is -1.51. The van der Waals surface area contributed by atoms with E-state index >= 15 is 0 Å². The van der Waals surface area contributed by atoms with E-state index in [9.17, 15) is 17.2 Å². The molecule has 0 aliphatic carbocycles. The molecule has 0 amide bonds. The van der Waals surface area contributed by atoms with Gasteiger partial charge in [0.15, 0.2) is 0 Å².